The molecule has 1 aliphatic rings. The Labute approximate surface area is 157 Å². The van der Waals surface area contributed by atoms with Crippen molar-refractivity contribution in [2.75, 3.05) is 26.2 Å². The largest absolute Gasteiger partial charge is 0.357 e. The number of halogens is 1. The summed E-state index contributed by atoms with van der Waals surface area (Å²) < 4.78 is 0. The minimum Gasteiger partial charge on any atom is -0.357 e. The molecule has 1 aromatic rings. The predicted molar refractivity (Wildman–Crippen MR) is 109 cm³/mol. The van der Waals surface area contributed by atoms with Crippen LogP contribution in [0, 0.1) is 0 Å². The summed E-state index contributed by atoms with van der Waals surface area (Å²) in [6, 6.07) is 11.2. The van der Waals surface area contributed by atoms with Gasteiger partial charge in [0.1, 0.15) is 0 Å². The van der Waals surface area contributed by atoms with E-state index in [1.807, 2.05) is 6.08 Å². The van der Waals surface area contributed by atoms with Crippen LogP contribution in [0.3, 0.4) is 0 Å². The van der Waals surface area contributed by atoms with Crippen molar-refractivity contribution in [1.29, 1.82) is 0 Å². The Balaban J connectivity index is 0.00000264. The lowest BCUT2D eigenvalue weighted by Crippen LogP contribution is -2.39. The molecule has 2 rings (SSSR count). The standard InChI is InChI=1S/C18H28N4.HI/c1-3-12-20-18(19-4-2)21-14-17-11-8-13-22(17)15-16-9-6-5-7-10-16;/h3,5-7,9-10,17H,1,4,8,11-15H2,2H3,(H2,19,20,21);1H. The lowest BCUT2D eigenvalue weighted by atomic mass is 10.2. The maximum Gasteiger partial charge on any atom is 0.191 e. The molecule has 1 aliphatic heterocycles. The second-order valence-corrected chi connectivity index (χ2v) is 5.64. The number of nitrogens with one attached hydrogen (secondary N) is 2. The number of guanidine groups is 1. The summed E-state index contributed by atoms with van der Waals surface area (Å²) in [6.07, 6.45) is 4.35. The van der Waals surface area contributed by atoms with Crippen LogP contribution >= 0.6 is 24.0 Å². The molecule has 128 valence electrons. The highest BCUT2D eigenvalue weighted by Gasteiger charge is 2.24. The summed E-state index contributed by atoms with van der Waals surface area (Å²) in [4.78, 5) is 7.28. The topological polar surface area (TPSA) is 39.7 Å². The van der Waals surface area contributed by atoms with Gasteiger partial charge >= 0.3 is 0 Å². The first-order valence-electron chi connectivity index (χ1n) is 8.24. The van der Waals surface area contributed by atoms with Gasteiger partial charge < -0.3 is 10.6 Å². The highest BCUT2D eigenvalue weighted by Crippen LogP contribution is 2.20. The van der Waals surface area contributed by atoms with Crippen LogP contribution in [0.5, 0.6) is 0 Å². The van der Waals surface area contributed by atoms with Gasteiger partial charge in [0.15, 0.2) is 5.96 Å². The van der Waals surface area contributed by atoms with E-state index in [2.05, 4.69) is 59.4 Å². The summed E-state index contributed by atoms with van der Waals surface area (Å²) >= 11 is 0. The lowest BCUT2D eigenvalue weighted by molar-refractivity contribution is 0.250. The van der Waals surface area contributed by atoms with Crippen LogP contribution in [-0.2, 0) is 6.54 Å². The van der Waals surface area contributed by atoms with E-state index in [0.29, 0.717) is 6.04 Å². The van der Waals surface area contributed by atoms with E-state index in [9.17, 15) is 0 Å². The molecule has 1 heterocycles. The van der Waals surface area contributed by atoms with Crippen molar-refractivity contribution in [3.05, 3.63) is 48.6 Å². The molecule has 0 aromatic heterocycles. The molecule has 1 atom stereocenters. The van der Waals surface area contributed by atoms with Gasteiger partial charge in [0.05, 0.1) is 6.54 Å². The van der Waals surface area contributed by atoms with Gasteiger partial charge in [-0.15, -0.1) is 30.6 Å². The van der Waals surface area contributed by atoms with Gasteiger partial charge in [0.2, 0.25) is 0 Å². The summed E-state index contributed by atoms with van der Waals surface area (Å²) in [5.41, 5.74) is 1.38. The molecule has 1 aromatic carbocycles. The number of aliphatic imine (C=N–C) groups is 1. The van der Waals surface area contributed by atoms with E-state index < -0.39 is 0 Å². The predicted octanol–water partition coefficient (Wildman–Crippen LogP) is 3.01. The molecule has 0 saturated carbocycles. The minimum absolute atomic E-state index is 0. The van der Waals surface area contributed by atoms with Crippen molar-refractivity contribution in [3.8, 4) is 0 Å². The van der Waals surface area contributed by atoms with Gasteiger partial charge in [-0.05, 0) is 31.9 Å². The minimum atomic E-state index is 0. The van der Waals surface area contributed by atoms with Gasteiger partial charge in [-0.1, -0.05) is 36.4 Å². The maximum absolute atomic E-state index is 4.73. The highest BCUT2D eigenvalue weighted by atomic mass is 127. The first-order valence-corrected chi connectivity index (χ1v) is 8.24. The van der Waals surface area contributed by atoms with E-state index in [0.717, 1.165) is 32.1 Å². The van der Waals surface area contributed by atoms with Crippen LogP contribution in [0.2, 0.25) is 0 Å². The molecule has 0 bridgehead atoms. The molecule has 5 heteroatoms. The van der Waals surface area contributed by atoms with Crippen molar-refractivity contribution in [1.82, 2.24) is 15.5 Å². The average Bonchev–Trinajstić information content (AvgIpc) is 2.98. The number of rotatable bonds is 7. The fourth-order valence-electron chi connectivity index (χ4n) is 2.84. The summed E-state index contributed by atoms with van der Waals surface area (Å²) in [5.74, 6) is 0.883. The fourth-order valence-corrected chi connectivity index (χ4v) is 2.84. The van der Waals surface area contributed by atoms with Crippen molar-refractivity contribution < 1.29 is 0 Å². The summed E-state index contributed by atoms with van der Waals surface area (Å²) in [6.45, 7) is 10.5. The monoisotopic (exact) mass is 428 g/mol. The van der Waals surface area contributed by atoms with E-state index in [1.54, 1.807) is 0 Å². The third-order valence-electron chi connectivity index (χ3n) is 3.95. The zero-order chi connectivity index (χ0) is 15.6. The SMILES string of the molecule is C=CCNC(=NCC1CCCN1Cc1ccccc1)NCC.I. The van der Waals surface area contributed by atoms with Crippen LogP contribution in [0.4, 0.5) is 0 Å². The van der Waals surface area contributed by atoms with Crippen LogP contribution in [0.1, 0.15) is 25.3 Å². The molecule has 0 amide bonds. The van der Waals surface area contributed by atoms with Crippen molar-refractivity contribution >= 4 is 29.9 Å². The molecular weight excluding hydrogens is 399 g/mol. The molecule has 4 nitrogen and oxygen atoms in total. The Morgan fingerprint density at radius 1 is 1.35 bits per heavy atom. The first-order chi connectivity index (χ1) is 10.8. The molecule has 0 aliphatic carbocycles. The molecule has 1 fully saturated rings. The van der Waals surface area contributed by atoms with E-state index in [4.69, 9.17) is 4.99 Å². The van der Waals surface area contributed by atoms with Crippen molar-refractivity contribution in [3.63, 3.8) is 0 Å². The smallest absolute Gasteiger partial charge is 0.191 e. The van der Waals surface area contributed by atoms with E-state index in [-0.39, 0.29) is 24.0 Å². The van der Waals surface area contributed by atoms with E-state index in [1.165, 1.54) is 24.9 Å². The Hall–Kier alpha value is -1.08. The summed E-state index contributed by atoms with van der Waals surface area (Å²) in [5, 5.41) is 6.54. The third kappa shape index (κ3) is 6.91. The number of nitrogens with zero attached hydrogens (tertiary/aromatic N) is 2. The van der Waals surface area contributed by atoms with Gasteiger partial charge in [-0.25, -0.2) is 0 Å². The highest BCUT2D eigenvalue weighted by molar-refractivity contribution is 14.0. The third-order valence-corrected chi connectivity index (χ3v) is 3.95. The number of benzene rings is 1. The van der Waals surface area contributed by atoms with Crippen LogP contribution in [0.15, 0.2) is 48.0 Å². The average molecular weight is 428 g/mol. The van der Waals surface area contributed by atoms with Crippen molar-refractivity contribution in [2.45, 2.75) is 32.4 Å². The van der Waals surface area contributed by atoms with Crippen LogP contribution in [0.25, 0.3) is 0 Å². The Morgan fingerprint density at radius 3 is 2.83 bits per heavy atom. The second-order valence-electron chi connectivity index (χ2n) is 5.64. The first kappa shape index (κ1) is 20.0. The molecule has 23 heavy (non-hydrogen) atoms. The molecule has 2 N–H and O–H groups in total. The van der Waals surface area contributed by atoms with Gasteiger partial charge in [-0.2, -0.15) is 0 Å². The Morgan fingerprint density at radius 2 is 2.13 bits per heavy atom. The molecular formula is C18H29IN4. The van der Waals surface area contributed by atoms with Gasteiger partial charge in [-0.3, -0.25) is 9.89 Å². The maximum atomic E-state index is 4.73. The zero-order valence-electron chi connectivity index (χ0n) is 14.0. The summed E-state index contributed by atoms with van der Waals surface area (Å²) in [7, 11) is 0. The molecule has 0 radical (unpaired) electrons. The lowest BCUT2D eigenvalue weighted by Gasteiger charge is -2.23. The second kappa shape index (κ2) is 11.5. The Bertz CT molecular complexity index is 475. The van der Waals surface area contributed by atoms with Crippen molar-refractivity contribution in [2.24, 2.45) is 4.99 Å². The molecule has 0 spiro atoms. The van der Waals surface area contributed by atoms with Crippen LogP contribution < -0.4 is 10.6 Å². The number of hydrogen-bond donors (Lipinski definition) is 2. The normalized spacial score (nSPS) is 18.3. The van der Waals surface area contributed by atoms with E-state index >= 15 is 0 Å². The van der Waals surface area contributed by atoms with Gasteiger partial charge in [0, 0.05) is 25.7 Å². The number of hydrogen-bond acceptors (Lipinski definition) is 2. The molecule has 1 unspecified atom stereocenters. The van der Waals surface area contributed by atoms with Gasteiger partial charge in [0.25, 0.3) is 0 Å². The number of likely N-dealkylation sites (tertiary alicyclic amines) is 1. The fraction of sp³-hybridized carbons (Fsp3) is 0.500. The van der Waals surface area contributed by atoms with Crippen LogP contribution in [-0.4, -0.2) is 43.1 Å². The Kier molecular flexibility index (Phi) is 9.94. The zero-order valence-corrected chi connectivity index (χ0v) is 16.3. The quantitative estimate of drug-likeness (QED) is 0.304. The molecule has 1 saturated heterocycles.